The van der Waals surface area contributed by atoms with Gasteiger partial charge in [0, 0.05) is 43.8 Å². The highest BCUT2D eigenvalue weighted by atomic mass is 35.5. The molecule has 2 aliphatic rings. The topological polar surface area (TPSA) is 54.0 Å². The zero-order valence-electron chi connectivity index (χ0n) is 16.6. The van der Waals surface area contributed by atoms with Gasteiger partial charge >= 0.3 is 0 Å². The van der Waals surface area contributed by atoms with Gasteiger partial charge in [-0.2, -0.15) is 0 Å². The molecule has 0 aliphatic carbocycles. The van der Waals surface area contributed by atoms with Crippen LogP contribution in [0.25, 0.3) is 0 Å². The van der Waals surface area contributed by atoms with Crippen LogP contribution in [-0.2, 0) is 11.3 Å². The van der Waals surface area contributed by atoms with E-state index in [9.17, 15) is 4.79 Å². The van der Waals surface area contributed by atoms with Gasteiger partial charge in [0.1, 0.15) is 0 Å². The van der Waals surface area contributed by atoms with Gasteiger partial charge in [0.05, 0.1) is 6.54 Å². The van der Waals surface area contributed by atoms with Crippen LogP contribution < -0.4 is 14.8 Å². The molecule has 1 atom stereocenters. The maximum absolute atomic E-state index is 12.6. The van der Waals surface area contributed by atoms with Gasteiger partial charge in [0.25, 0.3) is 0 Å². The molecule has 0 aromatic heterocycles. The molecule has 0 spiro atoms. The molecule has 1 amide bonds. The maximum atomic E-state index is 12.6. The van der Waals surface area contributed by atoms with E-state index in [1.54, 1.807) is 0 Å². The third-order valence-corrected chi connectivity index (χ3v) is 5.84. The number of piperazine rings is 1. The molecule has 29 heavy (non-hydrogen) atoms. The van der Waals surface area contributed by atoms with Crippen LogP contribution >= 0.6 is 11.6 Å². The fraction of sp³-hybridized carbons (Fsp3) is 0.409. The monoisotopic (exact) mass is 415 g/mol. The number of hydrogen-bond acceptors (Lipinski definition) is 5. The first-order valence-corrected chi connectivity index (χ1v) is 10.3. The van der Waals surface area contributed by atoms with Gasteiger partial charge < -0.3 is 19.7 Å². The molecule has 2 aromatic carbocycles. The van der Waals surface area contributed by atoms with Crippen LogP contribution in [0, 0.1) is 0 Å². The Kier molecular flexibility index (Phi) is 6.23. The number of nitrogens with one attached hydrogen (secondary N) is 1. The van der Waals surface area contributed by atoms with E-state index < -0.39 is 0 Å². The van der Waals surface area contributed by atoms with Crippen LogP contribution in [0.5, 0.6) is 11.5 Å². The first-order valence-electron chi connectivity index (χ1n) is 9.96. The molecular weight excluding hydrogens is 390 g/mol. The van der Waals surface area contributed by atoms with Crippen LogP contribution in [0.4, 0.5) is 0 Å². The van der Waals surface area contributed by atoms with Crippen molar-refractivity contribution in [2.75, 3.05) is 39.5 Å². The van der Waals surface area contributed by atoms with Crippen LogP contribution in [0.1, 0.15) is 24.1 Å². The molecule has 1 N–H and O–H groups in total. The fourth-order valence-corrected chi connectivity index (χ4v) is 4.04. The second-order valence-corrected chi connectivity index (χ2v) is 7.88. The second kappa shape index (κ2) is 9.03. The number of ether oxygens (including phenoxy) is 2. The standard InChI is InChI=1S/C22H26ClN3O3/c1-16(18-4-2-3-5-19(18)23)24-13-22(27)26-10-8-25(9-11-26)14-17-6-7-20-21(12-17)29-15-28-20/h2-7,12,16,24H,8-11,13-15H2,1H3/t16-/m1/s1. The van der Waals surface area contributed by atoms with Crippen molar-refractivity contribution in [3.05, 3.63) is 58.6 Å². The maximum Gasteiger partial charge on any atom is 0.236 e. The predicted molar refractivity (Wildman–Crippen MR) is 112 cm³/mol. The molecule has 2 heterocycles. The summed E-state index contributed by atoms with van der Waals surface area (Å²) in [6.45, 7) is 6.69. The van der Waals surface area contributed by atoms with Crippen molar-refractivity contribution in [1.82, 2.24) is 15.1 Å². The molecule has 154 valence electrons. The number of rotatable bonds is 6. The summed E-state index contributed by atoms with van der Waals surface area (Å²) in [5.41, 5.74) is 2.21. The van der Waals surface area contributed by atoms with Gasteiger partial charge in [-0.3, -0.25) is 9.69 Å². The second-order valence-electron chi connectivity index (χ2n) is 7.47. The lowest BCUT2D eigenvalue weighted by Crippen LogP contribution is -2.50. The first kappa shape index (κ1) is 20.0. The number of carbonyl (C=O) groups excluding carboxylic acids is 1. The Labute approximate surface area is 176 Å². The molecular formula is C22H26ClN3O3. The average molecular weight is 416 g/mol. The Morgan fingerprint density at radius 1 is 1.10 bits per heavy atom. The molecule has 2 aliphatic heterocycles. The van der Waals surface area contributed by atoms with E-state index in [4.69, 9.17) is 21.1 Å². The summed E-state index contributed by atoms with van der Waals surface area (Å²) in [5.74, 6) is 1.75. The Hall–Kier alpha value is -2.28. The van der Waals surface area contributed by atoms with E-state index >= 15 is 0 Å². The Bertz CT molecular complexity index is 868. The minimum atomic E-state index is 0.0277. The Morgan fingerprint density at radius 2 is 1.86 bits per heavy atom. The minimum absolute atomic E-state index is 0.0277. The largest absolute Gasteiger partial charge is 0.454 e. The summed E-state index contributed by atoms with van der Waals surface area (Å²) in [6.07, 6.45) is 0. The van der Waals surface area contributed by atoms with Crippen molar-refractivity contribution in [2.24, 2.45) is 0 Å². The van der Waals surface area contributed by atoms with Crippen molar-refractivity contribution in [3.63, 3.8) is 0 Å². The first-order chi connectivity index (χ1) is 14.1. The number of amides is 1. The van der Waals surface area contributed by atoms with E-state index in [2.05, 4.69) is 16.3 Å². The van der Waals surface area contributed by atoms with E-state index in [0.29, 0.717) is 13.3 Å². The molecule has 1 saturated heterocycles. The Morgan fingerprint density at radius 3 is 2.66 bits per heavy atom. The molecule has 1 fully saturated rings. The number of nitrogens with zero attached hydrogens (tertiary/aromatic N) is 2. The quantitative estimate of drug-likeness (QED) is 0.785. The molecule has 0 radical (unpaired) electrons. The number of benzene rings is 2. The van der Waals surface area contributed by atoms with E-state index in [0.717, 1.165) is 54.8 Å². The highest BCUT2D eigenvalue weighted by molar-refractivity contribution is 6.31. The van der Waals surface area contributed by atoms with Crippen molar-refractivity contribution in [3.8, 4) is 11.5 Å². The SMILES string of the molecule is C[C@@H](NCC(=O)N1CCN(Cc2ccc3c(c2)OCO3)CC1)c1ccccc1Cl. The van der Waals surface area contributed by atoms with Crippen molar-refractivity contribution in [1.29, 1.82) is 0 Å². The van der Waals surface area contributed by atoms with Gasteiger partial charge in [-0.05, 0) is 36.2 Å². The van der Waals surface area contributed by atoms with Crippen molar-refractivity contribution >= 4 is 17.5 Å². The zero-order valence-corrected chi connectivity index (χ0v) is 17.3. The van der Waals surface area contributed by atoms with E-state index in [1.807, 2.05) is 48.2 Å². The summed E-state index contributed by atoms with van der Waals surface area (Å²) in [5, 5.41) is 4.02. The molecule has 4 rings (SSSR count). The zero-order chi connectivity index (χ0) is 20.2. The fourth-order valence-electron chi connectivity index (χ4n) is 3.74. The Balaban J connectivity index is 1.23. The molecule has 0 bridgehead atoms. The molecule has 0 saturated carbocycles. The number of halogens is 1. The highest BCUT2D eigenvalue weighted by Crippen LogP contribution is 2.32. The summed E-state index contributed by atoms with van der Waals surface area (Å²) in [6, 6.07) is 13.8. The van der Waals surface area contributed by atoms with Gasteiger partial charge in [-0.15, -0.1) is 0 Å². The average Bonchev–Trinajstić information content (AvgIpc) is 3.20. The van der Waals surface area contributed by atoms with Gasteiger partial charge in [0.2, 0.25) is 12.7 Å². The molecule has 2 aromatic rings. The highest BCUT2D eigenvalue weighted by Gasteiger charge is 2.22. The smallest absolute Gasteiger partial charge is 0.236 e. The molecule has 6 nitrogen and oxygen atoms in total. The van der Waals surface area contributed by atoms with Crippen LogP contribution in [-0.4, -0.2) is 55.2 Å². The number of fused-ring (bicyclic) bond motifs is 1. The number of hydrogen-bond donors (Lipinski definition) is 1. The van der Waals surface area contributed by atoms with Crippen molar-refractivity contribution < 1.29 is 14.3 Å². The lowest BCUT2D eigenvalue weighted by Gasteiger charge is -2.35. The summed E-state index contributed by atoms with van der Waals surface area (Å²) < 4.78 is 10.8. The molecule has 0 unspecified atom stereocenters. The normalized spacial score (nSPS) is 17.4. The van der Waals surface area contributed by atoms with Gasteiger partial charge in [-0.1, -0.05) is 35.9 Å². The van der Waals surface area contributed by atoms with Crippen LogP contribution in [0.3, 0.4) is 0 Å². The lowest BCUT2D eigenvalue weighted by atomic mass is 10.1. The van der Waals surface area contributed by atoms with Gasteiger partial charge in [-0.25, -0.2) is 0 Å². The molecule has 7 heteroatoms. The van der Waals surface area contributed by atoms with Crippen LogP contribution in [0.15, 0.2) is 42.5 Å². The van der Waals surface area contributed by atoms with Crippen LogP contribution in [0.2, 0.25) is 5.02 Å². The summed E-state index contributed by atoms with van der Waals surface area (Å²) in [4.78, 5) is 16.9. The minimum Gasteiger partial charge on any atom is -0.454 e. The number of carbonyl (C=O) groups is 1. The summed E-state index contributed by atoms with van der Waals surface area (Å²) in [7, 11) is 0. The van der Waals surface area contributed by atoms with Crippen molar-refractivity contribution in [2.45, 2.75) is 19.5 Å². The van der Waals surface area contributed by atoms with Gasteiger partial charge in [0.15, 0.2) is 11.5 Å². The predicted octanol–water partition coefficient (Wildman–Crippen LogP) is 3.06. The van der Waals surface area contributed by atoms with E-state index in [1.165, 1.54) is 5.56 Å². The summed E-state index contributed by atoms with van der Waals surface area (Å²) >= 11 is 6.24. The third-order valence-electron chi connectivity index (χ3n) is 5.50. The third kappa shape index (κ3) is 4.83. The van der Waals surface area contributed by atoms with E-state index in [-0.39, 0.29) is 11.9 Å². The lowest BCUT2D eigenvalue weighted by molar-refractivity contribution is -0.132.